The fourth-order valence-electron chi connectivity index (χ4n) is 8.54. The number of fused-ring (bicyclic) bond motifs is 5. The minimum Gasteiger partial charge on any atom is -0.393 e. The highest BCUT2D eigenvalue weighted by atomic mass is 16.3. The molecular weight excluding hydrogens is 374 g/mol. The van der Waals surface area contributed by atoms with Crippen molar-refractivity contribution in [3.63, 3.8) is 0 Å². The summed E-state index contributed by atoms with van der Waals surface area (Å²) in [5, 5.41) is 23.4. The molecule has 0 bridgehead atoms. The first-order chi connectivity index (χ1) is 14.3. The van der Waals surface area contributed by atoms with E-state index in [2.05, 4.69) is 25.0 Å². The van der Waals surface area contributed by atoms with E-state index in [0.717, 1.165) is 37.5 Å². The van der Waals surface area contributed by atoms with E-state index in [9.17, 15) is 9.90 Å². The summed E-state index contributed by atoms with van der Waals surface area (Å²) < 4.78 is 1.64. The predicted molar refractivity (Wildman–Crippen MR) is 113 cm³/mol. The molecule has 0 unspecified atom stereocenters. The van der Waals surface area contributed by atoms with E-state index >= 15 is 0 Å². The van der Waals surface area contributed by atoms with Gasteiger partial charge in [-0.15, -0.1) is 0 Å². The van der Waals surface area contributed by atoms with E-state index in [-0.39, 0.29) is 17.4 Å². The lowest BCUT2D eigenvalue weighted by molar-refractivity contribution is -0.140. The van der Waals surface area contributed by atoms with E-state index in [1.807, 2.05) is 0 Å². The summed E-state index contributed by atoms with van der Waals surface area (Å²) in [4.78, 5) is 13.3. The summed E-state index contributed by atoms with van der Waals surface area (Å²) in [7, 11) is 0. The molecule has 5 nitrogen and oxygen atoms in total. The maximum absolute atomic E-state index is 13.3. The Morgan fingerprint density at radius 1 is 1.17 bits per heavy atom. The number of aliphatic hydroxyl groups is 1. The van der Waals surface area contributed by atoms with Crippen molar-refractivity contribution >= 4 is 5.78 Å². The third-order valence-electron chi connectivity index (χ3n) is 10.1. The maximum Gasteiger partial charge on any atom is 0.157 e. The summed E-state index contributed by atoms with van der Waals surface area (Å²) in [6.45, 7) is 5.21. The zero-order valence-corrected chi connectivity index (χ0v) is 18.4. The third-order valence-corrected chi connectivity index (χ3v) is 10.1. The second-order valence-corrected chi connectivity index (χ2v) is 11.3. The molecule has 4 fully saturated rings. The highest BCUT2D eigenvalue weighted by Crippen LogP contribution is 2.67. The molecule has 1 N–H and O–H groups in total. The summed E-state index contributed by atoms with van der Waals surface area (Å²) in [6, 6.07) is 2.09. The van der Waals surface area contributed by atoms with Crippen LogP contribution in [0.2, 0.25) is 0 Å². The number of aliphatic hydroxyl groups excluding tert-OH is 1. The highest BCUT2D eigenvalue weighted by Gasteiger charge is 2.61. The van der Waals surface area contributed by atoms with Crippen LogP contribution in [0.3, 0.4) is 0 Å². The van der Waals surface area contributed by atoms with Gasteiger partial charge in [-0.3, -0.25) is 9.48 Å². The van der Waals surface area contributed by atoms with Gasteiger partial charge in [0.2, 0.25) is 0 Å². The lowest BCUT2D eigenvalue weighted by Crippen LogP contribution is -2.54. The molecule has 162 valence electrons. The normalized spacial score (nSPS) is 45.1. The van der Waals surface area contributed by atoms with Crippen molar-refractivity contribution in [3.8, 4) is 6.07 Å². The van der Waals surface area contributed by atoms with Gasteiger partial charge in [-0.1, -0.05) is 13.8 Å². The van der Waals surface area contributed by atoms with Gasteiger partial charge in [-0.05, 0) is 92.3 Å². The van der Waals surface area contributed by atoms with Gasteiger partial charge in [0.1, 0.15) is 6.07 Å². The lowest BCUT2D eigenvalue weighted by Gasteiger charge is -2.60. The zero-order valence-electron chi connectivity index (χ0n) is 18.4. The summed E-state index contributed by atoms with van der Waals surface area (Å²) in [5.41, 5.74) is 1.01. The molecule has 0 aliphatic heterocycles. The number of carbonyl (C=O) groups excluding carboxylic acids is 1. The highest BCUT2D eigenvalue weighted by molar-refractivity contribution is 5.82. The second-order valence-electron chi connectivity index (χ2n) is 11.3. The van der Waals surface area contributed by atoms with E-state index in [1.54, 1.807) is 10.9 Å². The van der Waals surface area contributed by atoms with Gasteiger partial charge >= 0.3 is 0 Å². The first-order valence-electron chi connectivity index (χ1n) is 12.0. The van der Waals surface area contributed by atoms with Gasteiger partial charge in [0.05, 0.1) is 24.4 Å². The quantitative estimate of drug-likeness (QED) is 0.805. The largest absolute Gasteiger partial charge is 0.393 e. The van der Waals surface area contributed by atoms with Crippen LogP contribution in [0.1, 0.15) is 77.2 Å². The third kappa shape index (κ3) is 2.98. The van der Waals surface area contributed by atoms with Crippen molar-refractivity contribution in [2.45, 2.75) is 84.3 Å². The molecule has 4 aliphatic rings. The number of hydrogen-bond donors (Lipinski definition) is 1. The molecular formula is C25H35N3O2. The molecule has 0 aromatic carbocycles. The van der Waals surface area contributed by atoms with Crippen LogP contribution >= 0.6 is 0 Å². The molecule has 4 saturated carbocycles. The minimum absolute atomic E-state index is 0.0918. The lowest BCUT2D eigenvalue weighted by atomic mass is 9.44. The Hall–Kier alpha value is -1.67. The van der Waals surface area contributed by atoms with Crippen molar-refractivity contribution in [2.24, 2.45) is 40.4 Å². The van der Waals surface area contributed by atoms with Gasteiger partial charge in [0, 0.05) is 12.1 Å². The van der Waals surface area contributed by atoms with Crippen molar-refractivity contribution in [2.75, 3.05) is 0 Å². The van der Waals surface area contributed by atoms with Crippen LogP contribution in [-0.4, -0.2) is 26.8 Å². The Morgan fingerprint density at radius 2 is 1.93 bits per heavy atom. The summed E-state index contributed by atoms with van der Waals surface area (Å²) in [6.07, 6.45) is 13.4. The van der Waals surface area contributed by atoms with Crippen LogP contribution < -0.4 is 0 Å². The Balaban J connectivity index is 1.34. The van der Waals surface area contributed by atoms with E-state index in [0.29, 0.717) is 35.1 Å². The van der Waals surface area contributed by atoms with Crippen LogP contribution in [0.5, 0.6) is 0 Å². The number of nitrogens with zero attached hydrogens (tertiary/aromatic N) is 3. The fraction of sp³-hybridized carbons (Fsp3) is 0.800. The minimum atomic E-state index is -0.0918. The molecule has 1 heterocycles. The monoisotopic (exact) mass is 409 g/mol. The molecule has 8 atom stereocenters. The van der Waals surface area contributed by atoms with Crippen LogP contribution in [0.25, 0.3) is 0 Å². The number of hydrogen-bond acceptors (Lipinski definition) is 4. The number of nitriles is 1. The Labute approximate surface area is 179 Å². The maximum atomic E-state index is 13.3. The number of aromatic nitrogens is 2. The van der Waals surface area contributed by atoms with E-state index in [1.165, 1.54) is 38.3 Å². The first kappa shape index (κ1) is 20.2. The molecule has 5 heteroatoms. The van der Waals surface area contributed by atoms with Gasteiger partial charge in [-0.25, -0.2) is 0 Å². The Morgan fingerprint density at radius 3 is 2.70 bits per heavy atom. The predicted octanol–water partition coefficient (Wildman–Crippen LogP) is 4.34. The Kier molecular flexibility index (Phi) is 4.85. The second kappa shape index (κ2) is 7.19. The van der Waals surface area contributed by atoms with Crippen molar-refractivity contribution in [3.05, 3.63) is 18.0 Å². The summed E-state index contributed by atoms with van der Waals surface area (Å²) >= 11 is 0. The molecule has 1 aromatic rings. The van der Waals surface area contributed by atoms with Crippen molar-refractivity contribution < 1.29 is 9.90 Å². The first-order valence-corrected chi connectivity index (χ1v) is 12.0. The standard InChI is InChI=1S/C25H35N3O2/c1-24-9-7-18(29)11-17(24)3-4-19-20-5-6-22(25(20,2)10-8-21(19)24)23(30)15-28-14-16(12-26)13-27-28/h13-14,17-22,29H,3-11,15H2,1-2H3/t17-,18+,19-,20-,21+,22+,24+,25-/m0/s1. The van der Waals surface area contributed by atoms with Crippen LogP contribution in [0.15, 0.2) is 12.4 Å². The van der Waals surface area contributed by atoms with Crippen LogP contribution in [0.4, 0.5) is 0 Å². The van der Waals surface area contributed by atoms with Gasteiger partial charge < -0.3 is 5.11 Å². The topological polar surface area (TPSA) is 78.9 Å². The molecule has 0 spiro atoms. The number of Topliss-reactive ketones (excluding diaryl/α,β-unsaturated/α-hetero) is 1. The SMILES string of the molecule is C[C@@]12CC[C@@H](O)C[C@@H]1CC[C@@H]1[C@H]2CC[C@]2(C)[C@@H](C(=O)Cn3cc(C#N)cn3)CC[C@@H]12. The molecule has 4 aliphatic carbocycles. The van der Waals surface area contributed by atoms with Crippen LogP contribution in [-0.2, 0) is 11.3 Å². The van der Waals surface area contributed by atoms with Gasteiger partial charge in [0.25, 0.3) is 0 Å². The Bertz CT molecular complexity index is 872. The van der Waals surface area contributed by atoms with Crippen LogP contribution in [0, 0.1) is 51.8 Å². The van der Waals surface area contributed by atoms with E-state index in [4.69, 9.17) is 5.26 Å². The summed E-state index contributed by atoms with van der Waals surface area (Å²) in [5.74, 6) is 3.26. The average Bonchev–Trinajstić information content (AvgIpc) is 3.32. The molecule has 1 aromatic heterocycles. The van der Waals surface area contributed by atoms with Gasteiger partial charge in [-0.2, -0.15) is 10.4 Å². The number of ketones is 1. The van der Waals surface area contributed by atoms with Crippen molar-refractivity contribution in [1.29, 1.82) is 5.26 Å². The molecule has 0 saturated heterocycles. The molecule has 0 amide bonds. The molecule has 30 heavy (non-hydrogen) atoms. The van der Waals surface area contributed by atoms with E-state index < -0.39 is 0 Å². The fourth-order valence-corrected chi connectivity index (χ4v) is 8.54. The average molecular weight is 410 g/mol. The van der Waals surface area contributed by atoms with Crippen molar-refractivity contribution in [1.82, 2.24) is 9.78 Å². The molecule has 5 rings (SSSR count). The number of rotatable bonds is 3. The number of carbonyl (C=O) groups is 1. The van der Waals surface area contributed by atoms with Gasteiger partial charge in [0.15, 0.2) is 5.78 Å². The smallest absolute Gasteiger partial charge is 0.157 e. The molecule has 0 radical (unpaired) electrons. The zero-order chi connectivity index (χ0) is 21.1.